The van der Waals surface area contributed by atoms with Crippen LogP contribution >= 0.6 is 11.8 Å². The van der Waals surface area contributed by atoms with Crippen molar-refractivity contribution in [2.24, 2.45) is 0 Å². The third-order valence-corrected chi connectivity index (χ3v) is 5.90. The third kappa shape index (κ3) is 3.05. The summed E-state index contributed by atoms with van der Waals surface area (Å²) in [5.74, 6) is 1.81. The van der Waals surface area contributed by atoms with E-state index in [2.05, 4.69) is 14.8 Å². The number of nitrogens with zero attached hydrogens (tertiary/aromatic N) is 4. The number of rotatable bonds is 5. The number of hydrogen-bond acceptors (Lipinski definition) is 6. The van der Waals surface area contributed by atoms with Gasteiger partial charge in [0.15, 0.2) is 28.1 Å². The molecular weight excluding hydrogens is 388 g/mol. The van der Waals surface area contributed by atoms with Crippen LogP contribution < -0.4 is 9.47 Å². The predicted molar refractivity (Wildman–Crippen MR) is 109 cm³/mol. The van der Waals surface area contributed by atoms with Crippen LogP contribution in [0.2, 0.25) is 0 Å². The minimum atomic E-state index is 0.0581. The van der Waals surface area contributed by atoms with Gasteiger partial charge in [-0.15, -0.1) is 10.2 Å². The summed E-state index contributed by atoms with van der Waals surface area (Å²) in [5.41, 5.74) is 4.31. The minimum Gasteiger partial charge on any atom is -0.454 e. The second kappa shape index (κ2) is 6.97. The molecule has 0 saturated heterocycles. The van der Waals surface area contributed by atoms with Crippen LogP contribution in [0.3, 0.4) is 0 Å². The van der Waals surface area contributed by atoms with E-state index in [1.165, 1.54) is 11.8 Å². The Bertz CT molecular complexity index is 1240. The largest absolute Gasteiger partial charge is 0.454 e. The van der Waals surface area contributed by atoms with E-state index in [9.17, 15) is 4.79 Å². The summed E-state index contributed by atoms with van der Waals surface area (Å²) < 4.78 is 14.8. The maximum absolute atomic E-state index is 12.9. The number of fused-ring (bicyclic) bond motifs is 2. The van der Waals surface area contributed by atoms with Crippen LogP contribution in [0.4, 0.5) is 0 Å². The maximum atomic E-state index is 12.9. The number of ether oxygens (including phenoxy) is 2. The smallest absolute Gasteiger partial charge is 0.231 e. The van der Waals surface area contributed by atoms with Crippen molar-refractivity contribution in [3.63, 3.8) is 0 Å². The third-order valence-electron chi connectivity index (χ3n) is 4.96. The van der Waals surface area contributed by atoms with Crippen molar-refractivity contribution in [1.82, 2.24) is 19.2 Å². The first-order valence-electron chi connectivity index (χ1n) is 9.16. The van der Waals surface area contributed by atoms with Crippen LogP contribution in [0.1, 0.15) is 21.7 Å². The summed E-state index contributed by atoms with van der Waals surface area (Å²) in [6.45, 7) is 4.19. The highest BCUT2D eigenvalue weighted by atomic mass is 32.2. The summed E-state index contributed by atoms with van der Waals surface area (Å²) in [7, 11) is 0. The fourth-order valence-corrected chi connectivity index (χ4v) is 4.40. The Balaban J connectivity index is 1.40. The van der Waals surface area contributed by atoms with E-state index in [4.69, 9.17) is 9.47 Å². The average Bonchev–Trinajstić information content (AvgIpc) is 3.43. The molecule has 1 aliphatic rings. The summed E-state index contributed by atoms with van der Waals surface area (Å²) in [6, 6.07) is 13.5. The first-order valence-corrected chi connectivity index (χ1v) is 10.1. The number of aryl methyl sites for hydroxylation is 1. The molecule has 0 radical (unpaired) electrons. The number of ketones is 1. The number of aromatic nitrogens is 4. The lowest BCUT2D eigenvalue weighted by Gasteiger charge is -2.10. The molecule has 1 aliphatic heterocycles. The quantitative estimate of drug-likeness (QED) is 0.370. The lowest BCUT2D eigenvalue weighted by atomic mass is 10.2. The van der Waals surface area contributed by atoms with Gasteiger partial charge in [-0.1, -0.05) is 17.8 Å². The van der Waals surface area contributed by atoms with Gasteiger partial charge in [0.25, 0.3) is 0 Å². The van der Waals surface area contributed by atoms with Crippen LogP contribution in [0.5, 0.6) is 11.5 Å². The number of pyridine rings is 1. The summed E-state index contributed by atoms with van der Waals surface area (Å²) in [5, 5.41) is 9.01. The normalized spacial score (nSPS) is 12.6. The highest BCUT2D eigenvalue weighted by molar-refractivity contribution is 7.99. The van der Waals surface area contributed by atoms with Crippen molar-refractivity contribution >= 4 is 23.2 Å². The number of benzene rings is 1. The molecule has 146 valence electrons. The fraction of sp³-hybridized carbons (Fsp3) is 0.190. The number of carbonyl (C=O) groups excluding carboxylic acids is 1. The van der Waals surface area contributed by atoms with E-state index in [1.807, 2.05) is 66.9 Å². The van der Waals surface area contributed by atoms with Gasteiger partial charge in [0.2, 0.25) is 6.79 Å². The van der Waals surface area contributed by atoms with E-state index < -0.39 is 0 Å². The molecule has 29 heavy (non-hydrogen) atoms. The van der Waals surface area contributed by atoms with Gasteiger partial charge in [0.05, 0.1) is 5.75 Å². The lowest BCUT2D eigenvalue weighted by Crippen LogP contribution is -2.06. The monoisotopic (exact) mass is 406 g/mol. The molecule has 0 N–H and O–H groups in total. The molecule has 0 atom stereocenters. The molecule has 5 rings (SSSR count). The zero-order valence-corrected chi connectivity index (χ0v) is 16.8. The standard InChI is InChI=1S/C21H18N4O3S/c1-13-9-16(14(2)25(13)15-6-7-18-19(10-15)28-12-27-18)17(26)11-29-21-23-22-20-5-3-4-8-24(20)21/h3-10H,11-12H2,1-2H3. The zero-order valence-electron chi connectivity index (χ0n) is 16.0. The zero-order chi connectivity index (χ0) is 20.0. The molecule has 1 aromatic carbocycles. The van der Waals surface area contributed by atoms with Crippen LogP contribution in [-0.2, 0) is 0 Å². The molecule has 0 unspecified atom stereocenters. The Hall–Kier alpha value is -3.26. The number of carbonyl (C=O) groups is 1. The molecule has 0 spiro atoms. The molecule has 0 amide bonds. The molecule has 0 fully saturated rings. The second-order valence-electron chi connectivity index (χ2n) is 6.78. The molecule has 0 aliphatic carbocycles. The van der Waals surface area contributed by atoms with Gasteiger partial charge < -0.3 is 14.0 Å². The topological polar surface area (TPSA) is 70.7 Å². The molecule has 7 nitrogen and oxygen atoms in total. The molecular formula is C21H18N4O3S. The van der Waals surface area contributed by atoms with Gasteiger partial charge in [-0.25, -0.2) is 0 Å². The molecule has 0 bridgehead atoms. The molecule has 0 saturated carbocycles. The van der Waals surface area contributed by atoms with Crippen LogP contribution in [0, 0.1) is 13.8 Å². The van der Waals surface area contributed by atoms with E-state index in [-0.39, 0.29) is 12.6 Å². The van der Waals surface area contributed by atoms with Gasteiger partial charge in [-0.05, 0) is 44.2 Å². The van der Waals surface area contributed by atoms with Gasteiger partial charge in [0, 0.05) is 34.9 Å². The Morgan fingerprint density at radius 2 is 1.97 bits per heavy atom. The highest BCUT2D eigenvalue weighted by Crippen LogP contribution is 2.35. The van der Waals surface area contributed by atoms with Crippen molar-refractivity contribution in [1.29, 1.82) is 0 Å². The Morgan fingerprint density at radius 3 is 2.86 bits per heavy atom. The lowest BCUT2D eigenvalue weighted by molar-refractivity contribution is 0.102. The van der Waals surface area contributed by atoms with E-state index in [0.29, 0.717) is 16.5 Å². The van der Waals surface area contributed by atoms with Gasteiger partial charge in [-0.2, -0.15) is 0 Å². The van der Waals surface area contributed by atoms with Crippen molar-refractivity contribution < 1.29 is 14.3 Å². The van der Waals surface area contributed by atoms with E-state index in [0.717, 1.165) is 34.2 Å². The number of Topliss-reactive ketones (excluding diaryl/α,β-unsaturated/α-hetero) is 1. The Labute approximate surface area is 171 Å². The summed E-state index contributed by atoms with van der Waals surface area (Å²) >= 11 is 1.39. The molecule has 3 aromatic heterocycles. The number of hydrogen-bond donors (Lipinski definition) is 0. The Morgan fingerprint density at radius 1 is 1.10 bits per heavy atom. The first-order chi connectivity index (χ1) is 14.1. The second-order valence-corrected chi connectivity index (χ2v) is 7.72. The average molecular weight is 406 g/mol. The fourth-order valence-electron chi connectivity index (χ4n) is 3.59. The Kier molecular flexibility index (Phi) is 4.28. The van der Waals surface area contributed by atoms with Crippen molar-refractivity contribution in [3.8, 4) is 17.2 Å². The summed E-state index contributed by atoms with van der Waals surface area (Å²) in [4.78, 5) is 12.9. The predicted octanol–water partition coefficient (Wildman–Crippen LogP) is 3.84. The summed E-state index contributed by atoms with van der Waals surface area (Å²) in [6.07, 6.45) is 1.90. The van der Waals surface area contributed by atoms with Crippen LogP contribution in [0.25, 0.3) is 11.3 Å². The molecule has 4 heterocycles. The van der Waals surface area contributed by atoms with Crippen molar-refractivity contribution in [3.05, 3.63) is 65.6 Å². The first kappa shape index (κ1) is 17.8. The molecule has 8 heteroatoms. The van der Waals surface area contributed by atoms with Crippen molar-refractivity contribution in [2.75, 3.05) is 12.5 Å². The SMILES string of the molecule is Cc1cc(C(=O)CSc2nnc3ccccn23)c(C)n1-c1ccc2c(c1)OCO2. The van der Waals surface area contributed by atoms with E-state index in [1.54, 1.807) is 0 Å². The van der Waals surface area contributed by atoms with Crippen molar-refractivity contribution in [2.45, 2.75) is 19.0 Å². The molecule has 4 aromatic rings. The van der Waals surface area contributed by atoms with Crippen LogP contribution in [0.15, 0.2) is 53.8 Å². The van der Waals surface area contributed by atoms with Gasteiger partial charge >= 0.3 is 0 Å². The number of thioether (sulfide) groups is 1. The van der Waals surface area contributed by atoms with Gasteiger partial charge in [-0.3, -0.25) is 9.20 Å². The maximum Gasteiger partial charge on any atom is 0.231 e. The highest BCUT2D eigenvalue weighted by Gasteiger charge is 2.20. The van der Waals surface area contributed by atoms with E-state index >= 15 is 0 Å². The minimum absolute atomic E-state index is 0.0581. The van der Waals surface area contributed by atoms with Gasteiger partial charge in [0.1, 0.15) is 0 Å². The van der Waals surface area contributed by atoms with Crippen LogP contribution in [-0.4, -0.2) is 37.5 Å².